The van der Waals surface area contributed by atoms with Crippen LogP contribution < -0.4 is 4.74 Å². The Labute approximate surface area is 146 Å². The Kier molecular flexibility index (Phi) is 6.37. The van der Waals surface area contributed by atoms with Crippen molar-refractivity contribution in [3.8, 4) is 5.75 Å². The Morgan fingerprint density at radius 2 is 1.91 bits per heavy atom. The van der Waals surface area contributed by atoms with Gasteiger partial charge in [0.05, 0.1) is 0 Å². The third-order valence-electron chi connectivity index (χ3n) is 3.50. The molecule has 122 valence electrons. The largest absolute Gasteiger partial charge is 0.484 e. The minimum atomic E-state index is -0.0634. The number of rotatable bonds is 6. The molecule has 2 rings (SSSR count). The normalized spacial score (nSPS) is 10.4. The maximum absolute atomic E-state index is 12.2. The maximum Gasteiger partial charge on any atom is 0.260 e. The molecule has 0 saturated heterocycles. The number of carbonyl (C=O) groups excluding carboxylic acids is 1. The highest BCUT2D eigenvalue weighted by Gasteiger charge is 2.10. The predicted octanol–water partition coefficient (Wildman–Crippen LogP) is 4.41. The third kappa shape index (κ3) is 5.19. The number of halogens is 1. The lowest BCUT2D eigenvalue weighted by Crippen LogP contribution is -2.30. The number of amides is 1. The first kappa shape index (κ1) is 17.7. The summed E-state index contributed by atoms with van der Waals surface area (Å²) in [7, 11) is 1.78. The van der Waals surface area contributed by atoms with Crippen LogP contribution in [0, 0.1) is 6.92 Å². The van der Waals surface area contributed by atoms with Crippen LogP contribution in [0.4, 0.5) is 0 Å². The van der Waals surface area contributed by atoms with Crippen molar-refractivity contribution in [1.82, 2.24) is 4.90 Å². The molecule has 0 heterocycles. The first-order chi connectivity index (χ1) is 11.0. The van der Waals surface area contributed by atoms with E-state index in [1.165, 1.54) is 4.90 Å². The number of ether oxygens (including phenoxy) is 1. The molecule has 0 unspecified atom stereocenters. The van der Waals surface area contributed by atoms with Gasteiger partial charge in [-0.3, -0.25) is 4.79 Å². The van der Waals surface area contributed by atoms with Crippen molar-refractivity contribution >= 4 is 29.3 Å². The van der Waals surface area contributed by atoms with Crippen LogP contribution in [-0.2, 0) is 11.3 Å². The first-order valence-corrected chi connectivity index (χ1v) is 8.85. The van der Waals surface area contributed by atoms with Gasteiger partial charge in [-0.25, -0.2) is 0 Å². The van der Waals surface area contributed by atoms with Gasteiger partial charge in [0.25, 0.3) is 5.91 Å². The van der Waals surface area contributed by atoms with Crippen molar-refractivity contribution in [2.45, 2.75) is 18.4 Å². The number of carbonyl (C=O) groups is 1. The molecule has 5 heteroatoms. The second-order valence-corrected chi connectivity index (χ2v) is 6.58. The number of benzene rings is 2. The van der Waals surface area contributed by atoms with Gasteiger partial charge in [0.2, 0.25) is 0 Å². The molecule has 0 atom stereocenters. The van der Waals surface area contributed by atoms with Gasteiger partial charge in [-0.1, -0.05) is 23.7 Å². The Bertz CT molecular complexity index is 673. The SMILES string of the molecule is CSc1ccc(CN(C)C(=O)COc2ccc(Cl)c(C)c2)cc1. The molecule has 2 aromatic carbocycles. The van der Waals surface area contributed by atoms with E-state index in [-0.39, 0.29) is 12.5 Å². The minimum Gasteiger partial charge on any atom is -0.484 e. The van der Waals surface area contributed by atoms with Gasteiger partial charge in [0.1, 0.15) is 5.75 Å². The Morgan fingerprint density at radius 1 is 1.22 bits per heavy atom. The Morgan fingerprint density at radius 3 is 2.52 bits per heavy atom. The van der Waals surface area contributed by atoms with E-state index in [1.807, 2.05) is 31.4 Å². The van der Waals surface area contributed by atoms with Gasteiger partial charge in [0, 0.05) is 23.5 Å². The van der Waals surface area contributed by atoms with Crippen LogP contribution in [-0.4, -0.2) is 30.7 Å². The van der Waals surface area contributed by atoms with Gasteiger partial charge in [-0.2, -0.15) is 0 Å². The van der Waals surface area contributed by atoms with Crippen molar-refractivity contribution in [2.24, 2.45) is 0 Å². The molecule has 0 aliphatic rings. The van der Waals surface area contributed by atoms with Crippen LogP contribution in [0.3, 0.4) is 0 Å². The Balaban J connectivity index is 1.87. The fourth-order valence-electron chi connectivity index (χ4n) is 2.06. The molecule has 0 spiro atoms. The van der Waals surface area contributed by atoms with Crippen molar-refractivity contribution in [3.63, 3.8) is 0 Å². The predicted molar refractivity (Wildman–Crippen MR) is 96.4 cm³/mol. The van der Waals surface area contributed by atoms with Crippen molar-refractivity contribution in [1.29, 1.82) is 0 Å². The van der Waals surface area contributed by atoms with Crippen molar-refractivity contribution < 1.29 is 9.53 Å². The molecule has 23 heavy (non-hydrogen) atoms. The summed E-state index contributed by atoms with van der Waals surface area (Å²) in [6.45, 7) is 2.48. The molecule has 3 nitrogen and oxygen atoms in total. The molecular weight excluding hydrogens is 330 g/mol. The summed E-state index contributed by atoms with van der Waals surface area (Å²) >= 11 is 7.67. The molecular formula is C18H20ClNO2S. The lowest BCUT2D eigenvalue weighted by atomic mass is 10.2. The summed E-state index contributed by atoms with van der Waals surface area (Å²) < 4.78 is 5.55. The van der Waals surface area contributed by atoms with E-state index in [2.05, 4.69) is 12.1 Å². The molecule has 0 fully saturated rings. The quantitative estimate of drug-likeness (QED) is 0.723. The summed E-state index contributed by atoms with van der Waals surface area (Å²) in [4.78, 5) is 15.0. The van der Waals surface area contributed by atoms with E-state index in [1.54, 1.807) is 35.8 Å². The fraction of sp³-hybridized carbons (Fsp3) is 0.278. The molecule has 2 aromatic rings. The van der Waals surface area contributed by atoms with Gasteiger partial charge in [0.15, 0.2) is 6.61 Å². The summed E-state index contributed by atoms with van der Waals surface area (Å²) in [6, 6.07) is 13.6. The van der Waals surface area contributed by atoms with Crippen LogP contribution in [0.1, 0.15) is 11.1 Å². The molecule has 1 amide bonds. The maximum atomic E-state index is 12.2. The number of hydrogen-bond donors (Lipinski definition) is 0. The second kappa shape index (κ2) is 8.27. The minimum absolute atomic E-state index is 0.0144. The van der Waals surface area contributed by atoms with Gasteiger partial charge < -0.3 is 9.64 Å². The van der Waals surface area contributed by atoms with E-state index >= 15 is 0 Å². The number of thioether (sulfide) groups is 1. The molecule has 0 aromatic heterocycles. The molecule has 0 saturated carbocycles. The zero-order valence-electron chi connectivity index (χ0n) is 13.5. The van der Waals surface area contributed by atoms with Crippen LogP contribution in [0.15, 0.2) is 47.4 Å². The van der Waals surface area contributed by atoms with E-state index < -0.39 is 0 Å². The first-order valence-electron chi connectivity index (χ1n) is 7.25. The highest BCUT2D eigenvalue weighted by molar-refractivity contribution is 7.98. The van der Waals surface area contributed by atoms with E-state index in [4.69, 9.17) is 16.3 Å². The van der Waals surface area contributed by atoms with Gasteiger partial charge in [-0.15, -0.1) is 11.8 Å². The van der Waals surface area contributed by atoms with Crippen molar-refractivity contribution in [2.75, 3.05) is 19.9 Å². The average molecular weight is 350 g/mol. The smallest absolute Gasteiger partial charge is 0.260 e. The second-order valence-electron chi connectivity index (χ2n) is 5.30. The van der Waals surface area contributed by atoms with E-state index in [9.17, 15) is 4.79 Å². The van der Waals surface area contributed by atoms with Crippen LogP contribution >= 0.6 is 23.4 Å². The molecule has 0 aliphatic heterocycles. The van der Waals surface area contributed by atoms with Gasteiger partial charge in [-0.05, 0) is 54.6 Å². The zero-order valence-corrected chi connectivity index (χ0v) is 15.1. The van der Waals surface area contributed by atoms with Crippen LogP contribution in [0.2, 0.25) is 5.02 Å². The van der Waals surface area contributed by atoms with Crippen molar-refractivity contribution in [3.05, 3.63) is 58.6 Å². The monoisotopic (exact) mass is 349 g/mol. The van der Waals surface area contributed by atoms with Gasteiger partial charge >= 0.3 is 0 Å². The average Bonchev–Trinajstić information content (AvgIpc) is 2.56. The fourth-order valence-corrected chi connectivity index (χ4v) is 2.58. The summed E-state index contributed by atoms with van der Waals surface area (Å²) in [5.41, 5.74) is 2.03. The molecule has 0 N–H and O–H groups in total. The summed E-state index contributed by atoms with van der Waals surface area (Å²) in [5, 5.41) is 0.689. The number of hydrogen-bond acceptors (Lipinski definition) is 3. The highest BCUT2D eigenvalue weighted by Crippen LogP contribution is 2.21. The number of likely N-dealkylation sites (N-methyl/N-ethyl adjacent to an activating group) is 1. The molecule has 0 aliphatic carbocycles. The van der Waals surface area contributed by atoms with Crippen LogP contribution in [0.5, 0.6) is 5.75 Å². The topological polar surface area (TPSA) is 29.5 Å². The molecule has 0 bridgehead atoms. The van der Waals surface area contributed by atoms with E-state index in [0.717, 1.165) is 11.1 Å². The van der Waals surface area contributed by atoms with E-state index in [0.29, 0.717) is 17.3 Å². The highest BCUT2D eigenvalue weighted by atomic mass is 35.5. The lowest BCUT2D eigenvalue weighted by Gasteiger charge is -2.18. The summed E-state index contributed by atoms with van der Waals surface area (Å²) in [5.74, 6) is 0.588. The third-order valence-corrected chi connectivity index (χ3v) is 4.66. The number of nitrogens with zero attached hydrogens (tertiary/aromatic N) is 1. The lowest BCUT2D eigenvalue weighted by molar-refractivity contribution is -0.132. The Hall–Kier alpha value is -1.65. The summed E-state index contributed by atoms with van der Waals surface area (Å²) in [6.07, 6.45) is 2.04. The standard InChI is InChI=1S/C18H20ClNO2S/c1-13-10-15(6-9-17(13)19)22-12-18(21)20(2)11-14-4-7-16(23-3)8-5-14/h4-10H,11-12H2,1-3H3. The number of aryl methyl sites for hydroxylation is 1. The van der Waals surface area contributed by atoms with Crippen LogP contribution in [0.25, 0.3) is 0 Å². The zero-order chi connectivity index (χ0) is 16.8. The molecule has 0 radical (unpaired) electrons.